The Kier molecular flexibility index (Phi) is 5.21. The summed E-state index contributed by atoms with van der Waals surface area (Å²) in [6.45, 7) is 5.37. The van der Waals surface area contributed by atoms with Crippen LogP contribution in [0.25, 0.3) is 0 Å². The van der Waals surface area contributed by atoms with Crippen molar-refractivity contribution in [2.75, 3.05) is 6.54 Å². The number of carbonyl (C=O) groups excluding carboxylic acids is 1. The lowest BCUT2D eigenvalue weighted by molar-refractivity contribution is -0.385. The van der Waals surface area contributed by atoms with Crippen molar-refractivity contribution in [1.29, 1.82) is 5.26 Å². The van der Waals surface area contributed by atoms with Crippen molar-refractivity contribution >= 4 is 11.6 Å². The summed E-state index contributed by atoms with van der Waals surface area (Å²) in [4.78, 5) is 24.2. The van der Waals surface area contributed by atoms with Crippen LogP contribution in [-0.2, 0) is 6.42 Å². The SMILES string of the molecule is CCc1ccc(C(=O)N(CC#N)C(C)C)cc1[N+](=O)[O-]. The molecule has 0 bridgehead atoms. The molecule has 0 N–H and O–H groups in total. The standard InChI is InChI=1S/C14H17N3O3/c1-4-11-5-6-12(9-13(11)17(19)20)14(18)16(8-7-15)10(2)3/h5-6,9-10H,4,8H2,1-3H3. The molecule has 0 fully saturated rings. The summed E-state index contributed by atoms with van der Waals surface area (Å²) >= 11 is 0. The van der Waals surface area contributed by atoms with Crippen molar-refractivity contribution < 1.29 is 9.72 Å². The summed E-state index contributed by atoms with van der Waals surface area (Å²) < 4.78 is 0. The van der Waals surface area contributed by atoms with Gasteiger partial charge in [0.15, 0.2) is 0 Å². The molecule has 0 radical (unpaired) electrons. The van der Waals surface area contributed by atoms with E-state index in [1.165, 1.54) is 11.0 Å². The van der Waals surface area contributed by atoms with Crippen molar-refractivity contribution in [3.63, 3.8) is 0 Å². The Hall–Kier alpha value is -2.42. The molecule has 0 atom stereocenters. The van der Waals surface area contributed by atoms with Gasteiger partial charge in [0, 0.05) is 23.2 Å². The second kappa shape index (κ2) is 6.66. The highest BCUT2D eigenvalue weighted by molar-refractivity contribution is 5.95. The molecule has 0 saturated carbocycles. The zero-order valence-electron chi connectivity index (χ0n) is 11.8. The highest BCUT2D eigenvalue weighted by Gasteiger charge is 2.22. The maximum absolute atomic E-state index is 12.3. The molecule has 0 heterocycles. The van der Waals surface area contributed by atoms with Crippen molar-refractivity contribution in [1.82, 2.24) is 4.90 Å². The number of nitro groups is 1. The third-order valence-corrected chi connectivity index (χ3v) is 3.04. The number of hydrogen-bond donors (Lipinski definition) is 0. The van der Waals surface area contributed by atoms with E-state index in [0.29, 0.717) is 12.0 Å². The summed E-state index contributed by atoms with van der Waals surface area (Å²) in [7, 11) is 0. The van der Waals surface area contributed by atoms with E-state index in [0.717, 1.165) is 0 Å². The van der Waals surface area contributed by atoms with Gasteiger partial charge < -0.3 is 4.90 Å². The summed E-state index contributed by atoms with van der Waals surface area (Å²) in [6, 6.07) is 6.23. The third kappa shape index (κ3) is 3.32. The molecule has 0 aliphatic heterocycles. The van der Waals surface area contributed by atoms with Crippen LogP contribution in [0.5, 0.6) is 0 Å². The molecule has 1 rings (SSSR count). The maximum atomic E-state index is 12.3. The number of nitro benzene ring substituents is 1. The minimum atomic E-state index is -0.486. The Labute approximate surface area is 117 Å². The molecule has 1 aromatic rings. The number of amides is 1. The van der Waals surface area contributed by atoms with E-state index < -0.39 is 4.92 Å². The maximum Gasteiger partial charge on any atom is 0.273 e. The van der Waals surface area contributed by atoms with E-state index in [2.05, 4.69) is 0 Å². The van der Waals surface area contributed by atoms with Gasteiger partial charge in [0.25, 0.3) is 11.6 Å². The second-order valence-electron chi connectivity index (χ2n) is 4.64. The fourth-order valence-electron chi connectivity index (χ4n) is 1.90. The minimum Gasteiger partial charge on any atom is -0.323 e. The topological polar surface area (TPSA) is 87.2 Å². The zero-order chi connectivity index (χ0) is 15.3. The number of carbonyl (C=O) groups is 1. The number of hydrogen-bond acceptors (Lipinski definition) is 4. The van der Waals surface area contributed by atoms with Crippen molar-refractivity contribution in [2.45, 2.75) is 33.2 Å². The normalized spacial score (nSPS) is 10.2. The van der Waals surface area contributed by atoms with Crippen LogP contribution in [0, 0.1) is 21.4 Å². The first kappa shape index (κ1) is 15.6. The van der Waals surface area contributed by atoms with Gasteiger partial charge in [-0.2, -0.15) is 5.26 Å². The Bertz CT molecular complexity index is 561. The lowest BCUT2D eigenvalue weighted by Gasteiger charge is -2.23. The molecular weight excluding hydrogens is 258 g/mol. The summed E-state index contributed by atoms with van der Waals surface area (Å²) in [5.41, 5.74) is 0.764. The minimum absolute atomic E-state index is 0.0418. The lowest BCUT2D eigenvalue weighted by Crippen LogP contribution is -2.37. The van der Waals surface area contributed by atoms with Crippen molar-refractivity contribution in [3.8, 4) is 6.07 Å². The molecule has 106 valence electrons. The van der Waals surface area contributed by atoms with Gasteiger partial charge >= 0.3 is 0 Å². The molecular formula is C14H17N3O3. The van der Waals surface area contributed by atoms with Crippen LogP contribution in [-0.4, -0.2) is 28.3 Å². The lowest BCUT2D eigenvalue weighted by atomic mass is 10.1. The molecule has 0 unspecified atom stereocenters. The van der Waals surface area contributed by atoms with Gasteiger partial charge in [-0.1, -0.05) is 13.0 Å². The molecule has 1 amide bonds. The molecule has 0 spiro atoms. The average Bonchev–Trinajstić information content (AvgIpc) is 2.42. The van der Waals surface area contributed by atoms with Gasteiger partial charge in [0.1, 0.15) is 6.54 Å². The fraction of sp³-hybridized carbons (Fsp3) is 0.429. The van der Waals surface area contributed by atoms with E-state index in [4.69, 9.17) is 5.26 Å². The molecule has 6 nitrogen and oxygen atoms in total. The van der Waals surface area contributed by atoms with Crippen LogP contribution in [0.2, 0.25) is 0 Å². The van der Waals surface area contributed by atoms with Crippen LogP contribution in [0.1, 0.15) is 36.7 Å². The molecule has 1 aromatic carbocycles. The van der Waals surface area contributed by atoms with Crippen molar-refractivity contribution in [2.24, 2.45) is 0 Å². The Morgan fingerprint density at radius 1 is 1.50 bits per heavy atom. The Morgan fingerprint density at radius 2 is 2.15 bits per heavy atom. The van der Waals surface area contributed by atoms with Crippen LogP contribution < -0.4 is 0 Å². The number of aryl methyl sites for hydroxylation is 1. The van der Waals surface area contributed by atoms with Crippen LogP contribution in [0.3, 0.4) is 0 Å². The first-order chi connectivity index (χ1) is 9.42. The van der Waals surface area contributed by atoms with Gasteiger partial charge in [-0.3, -0.25) is 14.9 Å². The third-order valence-electron chi connectivity index (χ3n) is 3.04. The number of benzene rings is 1. The highest BCUT2D eigenvalue weighted by atomic mass is 16.6. The number of nitriles is 1. The molecule has 0 saturated heterocycles. The first-order valence-corrected chi connectivity index (χ1v) is 6.37. The summed E-state index contributed by atoms with van der Waals surface area (Å²) in [5, 5.41) is 19.8. The van der Waals surface area contributed by atoms with Crippen LogP contribution >= 0.6 is 0 Å². The van der Waals surface area contributed by atoms with Crippen LogP contribution in [0.15, 0.2) is 18.2 Å². The Balaban J connectivity index is 3.20. The first-order valence-electron chi connectivity index (χ1n) is 6.37. The monoisotopic (exact) mass is 275 g/mol. The van der Waals surface area contributed by atoms with E-state index in [1.807, 2.05) is 13.0 Å². The van der Waals surface area contributed by atoms with E-state index in [-0.39, 0.29) is 29.7 Å². The van der Waals surface area contributed by atoms with E-state index >= 15 is 0 Å². The van der Waals surface area contributed by atoms with Gasteiger partial charge in [0.2, 0.25) is 0 Å². The number of rotatable bonds is 5. The molecule has 20 heavy (non-hydrogen) atoms. The highest BCUT2D eigenvalue weighted by Crippen LogP contribution is 2.22. The largest absolute Gasteiger partial charge is 0.323 e. The van der Waals surface area contributed by atoms with E-state index in [1.54, 1.807) is 26.0 Å². The van der Waals surface area contributed by atoms with Crippen molar-refractivity contribution in [3.05, 3.63) is 39.4 Å². The fourth-order valence-corrected chi connectivity index (χ4v) is 1.90. The average molecular weight is 275 g/mol. The second-order valence-corrected chi connectivity index (χ2v) is 4.64. The van der Waals surface area contributed by atoms with Gasteiger partial charge in [-0.25, -0.2) is 0 Å². The van der Waals surface area contributed by atoms with Gasteiger partial charge in [-0.15, -0.1) is 0 Å². The zero-order valence-corrected chi connectivity index (χ0v) is 11.8. The Morgan fingerprint density at radius 3 is 2.60 bits per heavy atom. The molecule has 0 aliphatic carbocycles. The quantitative estimate of drug-likeness (QED) is 0.469. The van der Waals surface area contributed by atoms with Gasteiger partial charge in [-0.05, 0) is 26.3 Å². The summed E-state index contributed by atoms with van der Waals surface area (Å²) in [6.07, 6.45) is 0.525. The van der Waals surface area contributed by atoms with E-state index in [9.17, 15) is 14.9 Å². The summed E-state index contributed by atoms with van der Waals surface area (Å²) in [5.74, 6) is -0.368. The molecule has 6 heteroatoms. The molecule has 0 aliphatic rings. The molecule has 0 aromatic heterocycles. The predicted octanol–water partition coefficient (Wildman–Crippen LogP) is 2.53. The van der Waals surface area contributed by atoms with Crippen LogP contribution in [0.4, 0.5) is 5.69 Å². The predicted molar refractivity (Wildman–Crippen MR) is 74.3 cm³/mol. The number of nitrogens with zero attached hydrogens (tertiary/aromatic N) is 3. The smallest absolute Gasteiger partial charge is 0.273 e. The van der Waals surface area contributed by atoms with Gasteiger partial charge in [0.05, 0.1) is 11.0 Å².